The number of hydrogen-bond acceptors (Lipinski definition) is 5. The number of nitrogens with zero attached hydrogens (tertiary/aromatic N) is 3. The van der Waals surface area contributed by atoms with Gasteiger partial charge in [-0.1, -0.05) is 36.4 Å². The molecule has 1 aliphatic rings. The maximum atomic E-state index is 12.4. The first kappa shape index (κ1) is 16.4. The van der Waals surface area contributed by atoms with Gasteiger partial charge in [-0.2, -0.15) is 0 Å². The molecule has 1 saturated heterocycles. The summed E-state index contributed by atoms with van der Waals surface area (Å²) < 4.78 is 0. The van der Waals surface area contributed by atoms with Crippen LogP contribution < -0.4 is 0 Å². The van der Waals surface area contributed by atoms with Gasteiger partial charge in [0.2, 0.25) is 0 Å². The number of hydrogen-bond donors (Lipinski definition) is 0. The van der Waals surface area contributed by atoms with E-state index in [4.69, 9.17) is 4.98 Å². The Labute approximate surface area is 155 Å². The van der Waals surface area contributed by atoms with Crippen LogP contribution in [0.2, 0.25) is 0 Å². The van der Waals surface area contributed by atoms with Crippen molar-refractivity contribution in [2.75, 3.05) is 26.2 Å². The Bertz CT molecular complexity index is 821. The molecule has 4 nitrogen and oxygen atoms in total. The molecule has 128 valence electrons. The zero-order valence-electron chi connectivity index (χ0n) is 13.8. The van der Waals surface area contributed by atoms with Crippen molar-refractivity contribution in [3.63, 3.8) is 0 Å². The lowest BCUT2D eigenvalue weighted by molar-refractivity contribution is 0.0633. The van der Waals surface area contributed by atoms with E-state index in [0.29, 0.717) is 0 Å². The Kier molecular flexibility index (Phi) is 4.92. The van der Waals surface area contributed by atoms with Gasteiger partial charge in [-0.3, -0.25) is 9.69 Å². The maximum absolute atomic E-state index is 12.4. The number of thiazole rings is 1. The second-order valence-electron chi connectivity index (χ2n) is 6.04. The molecule has 3 aromatic rings. The summed E-state index contributed by atoms with van der Waals surface area (Å²) in [4.78, 5) is 22.3. The molecule has 0 atom stereocenters. The highest BCUT2D eigenvalue weighted by molar-refractivity contribution is 7.12. The second-order valence-corrected chi connectivity index (χ2v) is 7.93. The van der Waals surface area contributed by atoms with Crippen molar-refractivity contribution >= 4 is 28.6 Å². The lowest BCUT2D eigenvalue weighted by Gasteiger charge is -2.34. The van der Waals surface area contributed by atoms with Crippen molar-refractivity contribution in [1.82, 2.24) is 14.8 Å². The van der Waals surface area contributed by atoms with E-state index >= 15 is 0 Å². The fraction of sp³-hybridized carbons (Fsp3) is 0.263. The van der Waals surface area contributed by atoms with Gasteiger partial charge in [-0.15, -0.1) is 22.7 Å². The fourth-order valence-electron chi connectivity index (χ4n) is 2.98. The van der Waals surface area contributed by atoms with Crippen molar-refractivity contribution in [3.8, 4) is 11.3 Å². The smallest absolute Gasteiger partial charge is 0.264 e. The van der Waals surface area contributed by atoms with Gasteiger partial charge in [-0.25, -0.2) is 4.98 Å². The highest BCUT2D eigenvalue weighted by atomic mass is 32.1. The normalized spacial score (nSPS) is 15.4. The monoisotopic (exact) mass is 369 g/mol. The number of thiophene rings is 1. The van der Waals surface area contributed by atoms with Crippen LogP contribution in [0.1, 0.15) is 14.7 Å². The summed E-state index contributed by atoms with van der Waals surface area (Å²) in [5.41, 5.74) is 2.21. The molecule has 0 unspecified atom stereocenters. The zero-order valence-corrected chi connectivity index (χ0v) is 15.4. The first-order chi connectivity index (χ1) is 12.3. The summed E-state index contributed by atoms with van der Waals surface area (Å²) in [6.07, 6.45) is 0. The van der Waals surface area contributed by atoms with Crippen LogP contribution in [-0.2, 0) is 6.54 Å². The topological polar surface area (TPSA) is 36.4 Å². The molecule has 1 aliphatic heterocycles. The van der Waals surface area contributed by atoms with E-state index in [9.17, 15) is 4.79 Å². The lowest BCUT2D eigenvalue weighted by Crippen LogP contribution is -2.48. The molecule has 0 aliphatic carbocycles. The first-order valence-corrected chi connectivity index (χ1v) is 10.1. The van der Waals surface area contributed by atoms with E-state index in [1.807, 2.05) is 40.6 Å². The van der Waals surface area contributed by atoms with E-state index in [-0.39, 0.29) is 5.91 Å². The van der Waals surface area contributed by atoms with Crippen molar-refractivity contribution < 1.29 is 4.79 Å². The van der Waals surface area contributed by atoms with Crippen LogP contribution in [0.3, 0.4) is 0 Å². The molecule has 4 rings (SSSR count). The van der Waals surface area contributed by atoms with Crippen LogP contribution >= 0.6 is 22.7 Å². The minimum atomic E-state index is 0.162. The zero-order chi connectivity index (χ0) is 17.1. The molecular formula is C19H19N3OS2. The molecule has 0 saturated carbocycles. The van der Waals surface area contributed by atoms with Crippen LogP contribution in [0.15, 0.2) is 53.2 Å². The summed E-state index contributed by atoms with van der Waals surface area (Å²) >= 11 is 3.23. The maximum Gasteiger partial charge on any atom is 0.264 e. The summed E-state index contributed by atoms with van der Waals surface area (Å²) in [5.74, 6) is 0.162. The van der Waals surface area contributed by atoms with Gasteiger partial charge in [-0.05, 0) is 11.4 Å². The standard InChI is InChI=1S/C19H19N3OS2/c23-19(17-7-4-12-24-17)22-10-8-21(9-11-22)13-18-20-16(14-25-18)15-5-2-1-3-6-15/h1-7,12,14H,8-11,13H2. The number of aromatic nitrogens is 1. The Balaban J connectivity index is 1.33. The number of carbonyl (C=O) groups excluding carboxylic acids is 1. The molecule has 3 heterocycles. The number of rotatable bonds is 4. The average molecular weight is 370 g/mol. The number of benzene rings is 1. The predicted octanol–water partition coefficient (Wildman–Crippen LogP) is 3.83. The molecule has 0 N–H and O–H groups in total. The molecule has 0 spiro atoms. The molecule has 25 heavy (non-hydrogen) atoms. The van der Waals surface area contributed by atoms with E-state index < -0.39 is 0 Å². The number of amides is 1. The number of carbonyl (C=O) groups is 1. The van der Waals surface area contributed by atoms with Gasteiger partial charge in [0, 0.05) is 37.1 Å². The third kappa shape index (κ3) is 3.81. The van der Waals surface area contributed by atoms with Crippen LogP contribution in [0.4, 0.5) is 0 Å². The van der Waals surface area contributed by atoms with Crippen molar-refractivity contribution in [2.45, 2.75) is 6.54 Å². The van der Waals surface area contributed by atoms with Crippen LogP contribution in [0.25, 0.3) is 11.3 Å². The van der Waals surface area contributed by atoms with Crippen molar-refractivity contribution in [1.29, 1.82) is 0 Å². The Morgan fingerprint density at radius 1 is 1.00 bits per heavy atom. The summed E-state index contributed by atoms with van der Waals surface area (Å²) in [7, 11) is 0. The fourth-order valence-corrected chi connectivity index (χ4v) is 4.52. The minimum Gasteiger partial charge on any atom is -0.335 e. The van der Waals surface area contributed by atoms with Crippen molar-refractivity contribution in [3.05, 3.63) is 63.1 Å². The summed E-state index contributed by atoms with van der Waals surface area (Å²) in [6, 6.07) is 14.1. The third-order valence-corrected chi connectivity index (χ3v) is 6.06. The minimum absolute atomic E-state index is 0.162. The van der Waals surface area contributed by atoms with Crippen molar-refractivity contribution in [2.24, 2.45) is 0 Å². The van der Waals surface area contributed by atoms with E-state index in [0.717, 1.165) is 53.9 Å². The Hall–Kier alpha value is -2.02. The largest absolute Gasteiger partial charge is 0.335 e. The first-order valence-electron chi connectivity index (χ1n) is 8.34. The molecule has 6 heteroatoms. The van der Waals surface area contributed by atoms with Crippen LogP contribution in [-0.4, -0.2) is 46.9 Å². The molecule has 1 aromatic carbocycles. The molecule has 2 aromatic heterocycles. The summed E-state index contributed by atoms with van der Waals surface area (Å²) in [6.45, 7) is 4.23. The molecule has 0 radical (unpaired) electrons. The molecule has 1 amide bonds. The van der Waals surface area contributed by atoms with Gasteiger partial charge in [0.1, 0.15) is 5.01 Å². The summed E-state index contributed by atoms with van der Waals surface area (Å²) in [5, 5.41) is 5.22. The molecular weight excluding hydrogens is 350 g/mol. The highest BCUT2D eigenvalue weighted by Gasteiger charge is 2.23. The van der Waals surface area contributed by atoms with Gasteiger partial charge < -0.3 is 4.90 Å². The van der Waals surface area contributed by atoms with Gasteiger partial charge in [0.05, 0.1) is 17.1 Å². The average Bonchev–Trinajstić information content (AvgIpc) is 3.35. The SMILES string of the molecule is O=C(c1cccs1)N1CCN(Cc2nc(-c3ccccc3)cs2)CC1. The van der Waals surface area contributed by atoms with Gasteiger partial charge in [0.25, 0.3) is 5.91 Å². The second kappa shape index (κ2) is 7.47. The molecule has 0 bridgehead atoms. The lowest BCUT2D eigenvalue weighted by atomic mass is 10.2. The van der Waals surface area contributed by atoms with E-state index in [1.165, 1.54) is 11.3 Å². The number of piperazine rings is 1. The van der Waals surface area contributed by atoms with E-state index in [1.54, 1.807) is 11.3 Å². The van der Waals surface area contributed by atoms with Gasteiger partial charge in [0.15, 0.2) is 0 Å². The molecule has 1 fully saturated rings. The van der Waals surface area contributed by atoms with Crippen LogP contribution in [0, 0.1) is 0 Å². The van der Waals surface area contributed by atoms with Gasteiger partial charge >= 0.3 is 0 Å². The van der Waals surface area contributed by atoms with Crippen LogP contribution in [0.5, 0.6) is 0 Å². The Morgan fingerprint density at radius 2 is 1.80 bits per heavy atom. The van der Waals surface area contributed by atoms with E-state index in [2.05, 4.69) is 22.4 Å². The quantitative estimate of drug-likeness (QED) is 0.701. The predicted molar refractivity (Wildman–Crippen MR) is 103 cm³/mol. The third-order valence-electron chi connectivity index (χ3n) is 4.37. The highest BCUT2D eigenvalue weighted by Crippen LogP contribution is 2.23. The Morgan fingerprint density at radius 3 is 2.52 bits per heavy atom.